The van der Waals surface area contributed by atoms with Crippen LogP contribution in [-0.4, -0.2) is 26.6 Å². The van der Waals surface area contributed by atoms with E-state index in [0.29, 0.717) is 6.61 Å². The van der Waals surface area contributed by atoms with Gasteiger partial charge in [0.25, 0.3) is 0 Å². The van der Waals surface area contributed by atoms with Crippen LogP contribution in [0.2, 0.25) is 0 Å². The van der Waals surface area contributed by atoms with E-state index in [-0.39, 0.29) is 0 Å². The van der Waals surface area contributed by atoms with Crippen molar-refractivity contribution in [3.63, 3.8) is 0 Å². The van der Waals surface area contributed by atoms with Crippen LogP contribution >= 0.6 is 0 Å². The average Bonchev–Trinajstić information content (AvgIpc) is 3.21. The predicted molar refractivity (Wildman–Crippen MR) is 91.1 cm³/mol. The minimum Gasteiger partial charge on any atom is -0.376 e. The van der Waals surface area contributed by atoms with Gasteiger partial charge in [-0.2, -0.15) is 10.2 Å². The van der Waals surface area contributed by atoms with Gasteiger partial charge >= 0.3 is 0 Å². The second-order valence-electron chi connectivity index (χ2n) is 6.05. The Labute approximate surface area is 140 Å². The molecule has 0 amide bonds. The summed E-state index contributed by atoms with van der Waals surface area (Å²) in [6.07, 6.45) is 0.907. The fraction of sp³-hybridized carbons (Fsp3) is 0.333. The third-order valence-electron chi connectivity index (χ3n) is 4.40. The zero-order valence-corrected chi connectivity index (χ0v) is 13.7. The summed E-state index contributed by atoms with van der Waals surface area (Å²) in [5.41, 5.74) is 6.78. The third kappa shape index (κ3) is 2.98. The molecule has 0 fully saturated rings. The lowest BCUT2D eigenvalue weighted by Gasteiger charge is -2.12. The number of ether oxygens (including phenoxy) is 1. The fourth-order valence-corrected chi connectivity index (χ4v) is 3.12. The zero-order valence-electron chi connectivity index (χ0n) is 13.7. The Bertz CT molecular complexity index is 821. The average molecular weight is 323 g/mol. The number of hydrogen-bond donors (Lipinski definition) is 2. The minimum absolute atomic E-state index is 0.669. The highest BCUT2D eigenvalue weighted by atomic mass is 16.5. The highest BCUT2D eigenvalue weighted by molar-refractivity contribution is 5.58. The maximum absolute atomic E-state index is 5.57. The van der Waals surface area contributed by atoms with Crippen LogP contribution in [0.25, 0.3) is 11.3 Å². The maximum atomic E-state index is 5.57. The second kappa shape index (κ2) is 6.59. The number of H-pyrrole nitrogens is 1. The number of fused-ring (bicyclic) bond motifs is 1. The number of rotatable bonds is 5. The fourth-order valence-electron chi connectivity index (χ4n) is 3.12. The topological polar surface area (TPSA) is 67.8 Å². The molecule has 0 bridgehead atoms. The molecule has 0 saturated heterocycles. The Hall–Kier alpha value is -2.44. The summed E-state index contributed by atoms with van der Waals surface area (Å²) in [4.78, 5) is 0. The molecule has 3 heterocycles. The Balaban J connectivity index is 1.40. The number of benzene rings is 1. The Morgan fingerprint density at radius 1 is 1.25 bits per heavy atom. The molecule has 4 rings (SSSR count). The second-order valence-corrected chi connectivity index (χ2v) is 6.05. The van der Waals surface area contributed by atoms with E-state index in [0.717, 1.165) is 43.1 Å². The maximum Gasteiger partial charge on any atom is 0.0924 e. The van der Waals surface area contributed by atoms with E-state index in [1.165, 1.54) is 17.0 Å². The van der Waals surface area contributed by atoms with Crippen molar-refractivity contribution in [1.82, 2.24) is 25.3 Å². The Morgan fingerprint density at radius 2 is 2.12 bits per heavy atom. The van der Waals surface area contributed by atoms with Crippen LogP contribution in [0.5, 0.6) is 0 Å². The van der Waals surface area contributed by atoms with Gasteiger partial charge in [-0.15, -0.1) is 0 Å². The van der Waals surface area contributed by atoms with E-state index in [9.17, 15) is 0 Å². The molecule has 3 aromatic rings. The van der Waals surface area contributed by atoms with Crippen molar-refractivity contribution >= 4 is 0 Å². The van der Waals surface area contributed by atoms with Crippen LogP contribution in [0.15, 0.2) is 36.4 Å². The van der Waals surface area contributed by atoms with Crippen molar-refractivity contribution in [1.29, 1.82) is 0 Å². The molecule has 0 spiro atoms. The Morgan fingerprint density at radius 3 is 3.00 bits per heavy atom. The molecule has 1 aliphatic heterocycles. The first-order valence-corrected chi connectivity index (χ1v) is 8.23. The summed E-state index contributed by atoms with van der Waals surface area (Å²) >= 11 is 0. The number of aromatic nitrogens is 4. The molecule has 0 aliphatic carbocycles. The van der Waals surface area contributed by atoms with Crippen molar-refractivity contribution in [2.75, 3.05) is 6.61 Å². The molecule has 6 heteroatoms. The Kier molecular flexibility index (Phi) is 4.15. The van der Waals surface area contributed by atoms with E-state index in [4.69, 9.17) is 4.74 Å². The molecule has 1 aromatic carbocycles. The van der Waals surface area contributed by atoms with Gasteiger partial charge in [-0.05, 0) is 6.07 Å². The van der Waals surface area contributed by atoms with Gasteiger partial charge in [0, 0.05) is 43.4 Å². The quantitative estimate of drug-likeness (QED) is 0.755. The van der Waals surface area contributed by atoms with Crippen molar-refractivity contribution < 1.29 is 4.74 Å². The van der Waals surface area contributed by atoms with Crippen LogP contribution in [-0.2, 0) is 37.9 Å². The number of hydrogen-bond acceptors (Lipinski definition) is 4. The molecule has 6 nitrogen and oxygen atoms in total. The van der Waals surface area contributed by atoms with Gasteiger partial charge in [-0.1, -0.05) is 30.3 Å². The largest absolute Gasteiger partial charge is 0.376 e. The van der Waals surface area contributed by atoms with Crippen molar-refractivity contribution in [2.45, 2.75) is 26.1 Å². The van der Waals surface area contributed by atoms with Crippen molar-refractivity contribution in [3.8, 4) is 11.3 Å². The summed E-state index contributed by atoms with van der Waals surface area (Å²) in [7, 11) is 2.00. The number of nitrogens with one attached hydrogen (secondary N) is 2. The van der Waals surface area contributed by atoms with Gasteiger partial charge in [-0.3, -0.25) is 9.78 Å². The first-order valence-electron chi connectivity index (χ1n) is 8.23. The van der Waals surface area contributed by atoms with Gasteiger partial charge < -0.3 is 10.1 Å². The van der Waals surface area contributed by atoms with Gasteiger partial charge in [0.05, 0.1) is 30.3 Å². The van der Waals surface area contributed by atoms with Crippen molar-refractivity contribution in [2.24, 2.45) is 7.05 Å². The summed E-state index contributed by atoms with van der Waals surface area (Å²) in [5, 5.41) is 15.6. The number of aromatic amines is 1. The normalized spacial score (nSPS) is 13.9. The van der Waals surface area contributed by atoms with Crippen molar-refractivity contribution in [3.05, 3.63) is 59.0 Å². The van der Waals surface area contributed by atoms with E-state index in [1.54, 1.807) is 0 Å². The van der Waals surface area contributed by atoms with Gasteiger partial charge in [0.15, 0.2) is 0 Å². The van der Waals surface area contributed by atoms with Crippen LogP contribution in [0.1, 0.15) is 22.6 Å². The summed E-state index contributed by atoms with van der Waals surface area (Å²) in [6, 6.07) is 12.3. The standard InChI is InChI=1S/C18H21N5O/c1-23-18(15-12-24-8-7-16(15)22-23)11-19-10-14-9-17(21-20-14)13-5-3-2-4-6-13/h2-6,9,19H,7-8,10-12H2,1H3,(H,20,21). The van der Waals surface area contributed by atoms with Gasteiger partial charge in [0.2, 0.25) is 0 Å². The van der Waals surface area contributed by atoms with Crippen LogP contribution in [0.4, 0.5) is 0 Å². The van der Waals surface area contributed by atoms with E-state index in [1.807, 2.05) is 29.9 Å². The van der Waals surface area contributed by atoms with E-state index in [2.05, 4.69) is 38.8 Å². The molecule has 124 valence electrons. The first-order chi connectivity index (χ1) is 11.8. The molecular weight excluding hydrogens is 302 g/mol. The van der Waals surface area contributed by atoms with Crippen LogP contribution in [0, 0.1) is 0 Å². The smallest absolute Gasteiger partial charge is 0.0924 e. The molecule has 0 saturated carbocycles. The van der Waals surface area contributed by atoms with E-state index >= 15 is 0 Å². The first kappa shape index (κ1) is 15.1. The molecule has 0 radical (unpaired) electrons. The van der Waals surface area contributed by atoms with E-state index < -0.39 is 0 Å². The molecule has 0 unspecified atom stereocenters. The zero-order chi connectivity index (χ0) is 16.4. The third-order valence-corrected chi connectivity index (χ3v) is 4.40. The lowest BCUT2D eigenvalue weighted by atomic mass is 10.1. The van der Waals surface area contributed by atoms with Crippen LogP contribution in [0.3, 0.4) is 0 Å². The monoisotopic (exact) mass is 323 g/mol. The SMILES string of the molecule is Cn1nc2c(c1CNCc1cc(-c3ccccc3)n[nH]1)COCC2. The highest BCUT2D eigenvalue weighted by Gasteiger charge is 2.19. The molecule has 2 N–H and O–H groups in total. The lowest BCUT2D eigenvalue weighted by molar-refractivity contribution is 0.109. The van der Waals surface area contributed by atoms with Gasteiger partial charge in [-0.25, -0.2) is 0 Å². The summed E-state index contributed by atoms with van der Waals surface area (Å²) in [6.45, 7) is 2.94. The molecule has 1 aliphatic rings. The predicted octanol–water partition coefficient (Wildman–Crippen LogP) is 2.17. The number of aryl methyl sites for hydroxylation is 1. The van der Waals surface area contributed by atoms with Gasteiger partial charge in [0.1, 0.15) is 0 Å². The lowest BCUT2D eigenvalue weighted by Crippen LogP contribution is -2.17. The molecule has 2 aromatic heterocycles. The summed E-state index contributed by atoms with van der Waals surface area (Å²) < 4.78 is 7.54. The van der Waals surface area contributed by atoms with Crippen LogP contribution < -0.4 is 5.32 Å². The number of nitrogens with zero attached hydrogens (tertiary/aromatic N) is 3. The molecule has 0 atom stereocenters. The molecule has 24 heavy (non-hydrogen) atoms. The molecular formula is C18H21N5O. The highest BCUT2D eigenvalue weighted by Crippen LogP contribution is 2.20. The summed E-state index contributed by atoms with van der Waals surface area (Å²) in [5.74, 6) is 0. The minimum atomic E-state index is 0.669.